The molecule has 0 unspecified atom stereocenters. The minimum atomic E-state index is -0.419. The molecule has 5 nitrogen and oxygen atoms in total. The molecule has 24 heavy (non-hydrogen) atoms. The molecule has 1 amide bonds. The molecule has 0 saturated carbocycles. The van der Waals surface area contributed by atoms with Crippen LogP contribution in [0.15, 0.2) is 55.1 Å². The van der Waals surface area contributed by atoms with Crippen LogP contribution in [0.2, 0.25) is 0 Å². The standard InChI is InChI=1S/C19H19NO4/c1-4-5-14-12-15(8-11-17(14)23-2)18(21)20-16-9-6-13(7-10-16)19(22)24-3/h4,6-12H,1,5H2,2-3H3,(H,20,21). The van der Waals surface area contributed by atoms with Gasteiger partial charge in [0.2, 0.25) is 0 Å². The van der Waals surface area contributed by atoms with Crippen molar-refractivity contribution in [1.29, 1.82) is 0 Å². The van der Waals surface area contributed by atoms with Crippen molar-refractivity contribution < 1.29 is 19.1 Å². The summed E-state index contributed by atoms with van der Waals surface area (Å²) in [5.74, 6) is 0.0553. The van der Waals surface area contributed by atoms with E-state index in [0.29, 0.717) is 29.0 Å². The Morgan fingerprint density at radius 3 is 2.33 bits per heavy atom. The predicted molar refractivity (Wildman–Crippen MR) is 92.6 cm³/mol. The average molecular weight is 325 g/mol. The zero-order valence-electron chi connectivity index (χ0n) is 13.7. The molecule has 0 spiro atoms. The fraction of sp³-hybridized carbons (Fsp3) is 0.158. The molecule has 0 aromatic heterocycles. The molecule has 0 atom stereocenters. The van der Waals surface area contributed by atoms with Crippen LogP contribution >= 0.6 is 0 Å². The van der Waals surface area contributed by atoms with Crippen LogP contribution in [-0.2, 0) is 11.2 Å². The summed E-state index contributed by atoms with van der Waals surface area (Å²) in [7, 11) is 2.91. The number of esters is 1. The number of rotatable bonds is 6. The SMILES string of the molecule is C=CCc1cc(C(=O)Nc2ccc(C(=O)OC)cc2)ccc1OC. The maximum absolute atomic E-state index is 12.4. The van der Waals surface area contributed by atoms with Crippen LogP contribution in [0.1, 0.15) is 26.3 Å². The maximum Gasteiger partial charge on any atom is 0.337 e. The van der Waals surface area contributed by atoms with E-state index < -0.39 is 5.97 Å². The van der Waals surface area contributed by atoms with Gasteiger partial charge in [-0.15, -0.1) is 6.58 Å². The highest BCUT2D eigenvalue weighted by Crippen LogP contribution is 2.21. The molecule has 2 aromatic carbocycles. The van der Waals surface area contributed by atoms with Gasteiger partial charge in [0, 0.05) is 11.3 Å². The van der Waals surface area contributed by atoms with Gasteiger partial charge in [-0.2, -0.15) is 0 Å². The van der Waals surface area contributed by atoms with Gasteiger partial charge in [0.15, 0.2) is 0 Å². The minimum Gasteiger partial charge on any atom is -0.496 e. The van der Waals surface area contributed by atoms with E-state index in [0.717, 1.165) is 5.56 Å². The van der Waals surface area contributed by atoms with Crippen molar-refractivity contribution in [3.8, 4) is 5.75 Å². The molecule has 2 aromatic rings. The second-order valence-electron chi connectivity index (χ2n) is 5.04. The van der Waals surface area contributed by atoms with Gasteiger partial charge >= 0.3 is 5.97 Å². The Bertz CT molecular complexity index is 750. The Kier molecular flexibility index (Phi) is 5.73. The van der Waals surface area contributed by atoms with Crippen LogP contribution < -0.4 is 10.1 Å². The summed E-state index contributed by atoms with van der Waals surface area (Å²) in [5.41, 5.74) is 2.42. The number of anilines is 1. The number of hydrogen-bond donors (Lipinski definition) is 1. The van der Waals surface area contributed by atoms with Crippen LogP contribution in [0.3, 0.4) is 0 Å². The first-order valence-corrected chi connectivity index (χ1v) is 7.36. The first kappa shape index (κ1) is 17.3. The topological polar surface area (TPSA) is 64.6 Å². The molecular formula is C19H19NO4. The number of nitrogens with one attached hydrogen (secondary N) is 1. The van der Waals surface area contributed by atoms with Gasteiger partial charge in [0.25, 0.3) is 5.91 Å². The van der Waals surface area contributed by atoms with Gasteiger partial charge < -0.3 is 14.8 Å². The van der Waals surface area contributed by atoms with Crippen molar-refractivity contribution in [2.24, 2.45) is 0 Å². The number of methoxy groups -OCH3 is 2. The lowest BCUT2D eigenvalue weighted by Gasteiger charge is -2.10. The first-order valence-electron chi connectivity index (χ1n) is 7.36. The molecule has 5 heteroatoms. The van der Waals surface area contributed by atoms with E-state index >= 15 is 0 Å². The molecule has 1 N–H and O–H groups in total. The summed E-state index contributed by atoms with van der Waals surface area (Å²) < 4.78 is 9.91. The fourth-order valence-corrected chi connectivity index (χ4v) is 2.25. The number of carbonyl (C=O) groups excluding carboxylic acids is 2. The van der Waals surface area contributed by atoms with Crippen molar-refractivity contribution in [2.75, 3.05) is 19.5 Å². The van der Waals surface area contributed by atoms with Crippen LogP contribution in [0.25, 0.3) is 0 Å². The van der Waals surface area contributed by atoms with Crippen LogP contribution in [-0.4, -0.2) is 26.1 Å². The van der Waals surface area contributed by atoms with E-state index in [9.17, 15) is 9.59 Å². The monoisotopic (exact) mass is 325 g/mol. The van der Waals surface area contributed by atoms with Gasteiger partial charge in [0.05, 0.1) is 19.8 Å². The van der Waals surface area contributed by atoms with Gasteiger partial charge in [-0.3, -0.25) is 4.79 Å². The molecule has 0 heterocycles. The van der Waals surface area contributed by atoms with E-state index in [4.69, 9.17) is 4.74 Å². The summed E-state index contributed by atoms with van der Waals surface area (Å²) >= 11 is 0. The molecular weight excluding hydrogens is 306 g/mol. The third-order valence-electron chi connectivity index (χ3n) is 3.47. The lowest BCUT2D eigenvalue weighted by Crippen LogP contribution is -2.12. The summed E-state index contributed by atoms with van der Waals surface area (Å²) in [5, 5.41) is 2.79. The van der Waals surface area contributed by atoms with Crippen molar-refractivity contribution in [3.63, 3.8) is 0 Å². The quantitative estimate of drug-likeness (QED) is 0.652. The number of hydrogen-bond acceptors (Lipinski definition) is 4. The number of allylic oxidation sites excluding steroid dienone is 1. The Balaban J connectivity index is 2.16. The minimum absolute atomic E-state index is 0.242. The Labute approximate surface area is 140 Å². The second kappa shape index (κ2) is 7.97. The number of carbonyl (C=O) groups is 2. The number of ether oxygens (including phenoxy) is 2. The van der Waals surface area contributed by atoms with Crippen molar-refractivity contribution in [3.05, 3.63) is 71.8 Å². The summed E-state index contributed by atoms with van der Waals surface area (Å²) in [6.45, 7) is 3.71. The lowest BCUT2D eigenvalue weighted by atomic mass is 10.1. The van der Waals surface area contributed by atoms with Gasteiger partial charge in [-0.1, -0.05) is 6.08 Å². The fourth-order valence-electron chi connectivity index (χ4n) is 2.25. The first-order chi connectivity index (χ1) is 11.6. The summed E-state index contributed by atoms with van der Waals surface area (Å²) in [6, 6.07) is 11.7. The van der Waals surface area contributed by atoms with Crippen LogP contribution in [0.4, 0.5) is 5.69 Å². The highest BCUT2D eigenvalue weighted by atomic mass is 16.5. The molecule has 0 aliphatic rings. The van der Waals surface area contributed by atoms with E-state index in [1.54, 1.807) is 55.7 Å². The van der Waals surface area contributed by atoms with Crippen molar-refractivity contribution >= 4 is 17.6 Å². The molecule has 2 rings (SSSR count). The van der Waals surface area contributed by atoms with Gasteiger partial charge in [-0.25, -0.2) is 4.79 Å². The second-order valence-corrected chi connectivity index (χ2v) is 5.04. The zero-order chi connectivity index (χ0) is 17.5. The summed E-state index contributed by atoms with van der Waals surface area (Å²) in [4.78, 5) is 23.8. The third kappa shape index (κ3) is 4.01. The Hall–Kier alpha value is -3.08. The van der Waals surface area contributed by atoms with Gasteiger partial charge in [-0.05, 0) is 54.4 Å². The number of amides is 1. The van der Waals surface area contributed by atoms with Crippen LogP contribution in [0.5, 0.6) is 5.75 Å². The zero-order valence-corrected chi connectivity index (χ0v) is 13.7. The van der Waals surface area contributed by atoms with Gasteiger partial charge in [0.1, 0.15) is 5.75 Å². The van der Waals surface area contributed by atoms with Crippen molar-refractivity contribution in [2.45, 2.75) is 6.42 Å². The summed E-state index contributed by atoms with van der Waals surface area (Å²) in [6.07, 6.45) is 2.36. The normalized spacial score (nSPS) is 9.92. The molecule has 124 valence electrons. The molecule has 0 bridgehead atoms. The molecule has 0 saturated heterocycles. The van der Waals surface area contributed by atoms with E-state index in [1.165, 1.54) is 7.11 Å². The smallest absolute Gasteiger partial charge is 0.337 e. The van der Waals surface area contributed by atoms with Crippen LogP contribution in [0, 0.1) is 0 Å². The molecule has 0 aliphatic heterocycles. The molecule has 0 radical (unpaired) electrons. The largest absolute Gasteiger partial charge is 0.496 e. The Morgan fingerprint density at radius 1 is 1.08 bits per heavy atom. The predicted octanol–water partition coefficient (Wildman–Crippen LogP) is 3.46. The van der Waals surface area contributed by atoms with E-state index in [-0.39, 0.29) is 5.91 Å². The third-order valence-corrected chi connectivity index (χ3v) is 3.47. The molecule has 0 fully saturated rings. The number of benzene rings is 2. The lowest BCUT2D eigenvalue weighted by molar-refractivity contribution is 0.0600. The van der Waals surface area contributed by atoms with Crippen molar-refractivity contribution in [1.82, 2.24) is 0 Å². The highest BCUT2D eigenvalue weighted by molar-refractivity contribution is 6.04. The maximum atomic E-state index is 12.4. The van der Waals surface area contributed by atoms with E-state index in [1.807, 2.05) is 0 Å². The molecule has 0 aliphatic carbocycles. The highest BCUT2D eigenvalue weighted by Gasteiger charge is 2.11. The Morgan fingerprint density at radius 2 is 1.75 bits per heavy atom. The van der Waals surface area contributed by atoms with E-state index in [2.05, 4.69) is 16.6 Å². The average Bonchev–Trinajstić information content (AvgIpc) is 2.62.